The topological polar surface area (TPSA) is 32.3 Å². The van der Waals surface area contributed by atoms with Gasteiger partial charge in [0.2, 0.25) is 0 Å². The summed E-state index contributed by atoms with van der Waals surface area (Å²) in [7, 11) is 0. The van der Waals surface area contributed by atoms with Crippen molar-refractivity contribution in [3.05, 3.63) is 35.4 Å². The average Bonchev–Trinajstić information content (AvgIpc) is 3.31. The van der Waals surface area contributed by atoms with Gasteiger partial charge in [0, 0.05) is 30.7 Å². The molecular weight excluding hydrogens is 293 g/mol. The number of nitrogens with one attached hydrogen (secondary N) is 1. The van der Waals surface area contributed by atoms with E-state index >= 15 is 0 Å². The van der Waals surface area contributed by atoms with Crippen LogP contribution >= 0.6 is 0 Å². The van der Waals surface area contributed by atoms with Crippen molar-refractivity contribution in [1.82, 2.24) is 10.2 Å². The van der Waals surface area contributed by atoms with Crippen LogP contribution in [0.2, 0.25) is 0 Å². The number of rotatable bonds is 3. The van der Waals surface area contributed by atoms with Crippen molar-refractivity contribution in [1.29, 1.82) is 0 Å². The van der Waals surface area contributed by atoms with Gasteiger partial charge in [-0.3, -0.25) is 4.79 Å². The van der Waals surface area contributed by atoms with E-state index in [0.717, 1.165) is 25.0 Å². The molecule has 0 radical (unpaired) electrons. The van der Waals surface area contributed by atoms with E-state index in [9.17, 15) is 18.0 Å². The minimum atomic E-state index is -4.42. The Morgan fingerprint density at radius 3 is 2.32 bits per heavy atom. The van der Waals surface area contributed by atoms with Crippen LogP contribution in [0.25, 0.3) is 0 Å². The highest BCUT2D eigenvalue weighted by atomic mass is 19.4. The first-order chi connectivity index (χ1) is 10.4. The maximum atomic E-state index is 12.7. The van der Waals surface area contributed by atoms with E-state index in [1.165, 1.54) is 25.0 Å². The number of carbonyl (C=O) groups excluding carboxylic acids is 1. The molecule has 0 unspecified atom stereocenters. The Hall–Kier alpha value is -1.56. The average molecular weight is 312 g/mol. The molecule has 1 aromatic carbocycles. The Morgan fingerprint density at radius 2 is 1.73 bits per heavy atom. The summed E-state index contributed by atoms with van der Waals surface area (Å²) in [5.41, 5.74) is -0.660. The fourth-order valence-corrected chi connectivity index (χ4v) is 2.84. The Morgan fingerprint density at radius 1 is 1.09 bits per heavy atom. The van der Waals surface area contributed by atoms with Crippen LogP contribution in [0.5, 0.6) is 0 Å². The van der Waals surface area contributed by atoms with Crippen molar-refractivity contribution in [2.45, 2.75) is 43.9 Å². The third-order valence-electron chi connectivity index (χ3n) is 4.27. The molecule has 1 amide bonds. The Labute approximate surface area is 127 Å². The Balaban J connectivity index is 1.62. The van der Waals surface area contributed by atoms with Crippen molar-refractivity contribution in [3.63, 3.8) is 0 Å². The molecule has 1 saturated carbocycles. The molecule has 2 fully saturated rings. The SMILES string of the molecule is O=C(c1cccc(C(F)(F)F)c1)N1CCC(NC2CC2)CC1. The molecule has 3 nitrogen and oxygen atoms in total. The van der Waals surface area contributed by atoms with Gasteiger partial charge >= 0.3 is 6.18 Å². The van der Waals surface area contributed by atoms with Crippen LogP contribution in [0.3, 0.4) is 0 Å². The third-order valence-corrected chi connectivity index (χ3v) is 4.27. The van der Waals surface area contributed by atoms with Crippen molar-refractivity contribution in [3.8, 4) is 0 Å². The molecule has 1 aromatic rings. The minimum Gasteiger partial charge on any atom is -0.339 e. The molecule has 1 aliphatic carbocycles. The van der Waals surface area contributed by atoms with E-state index in [-0.39, 0.29) is 11.5 Å². The van der Waals surface area contributed by atoms with Gasteiger partial charge in [-0.25, -0.2) is 0 Å². The first kappa shape index (κ1) is 15.3. The summed E-state index contributed by atoms with van der Waals surface area (Å²) in [6.45, 7) is 1.19. The fourth-order valence-electron chi connectivity index (χ4n) is 2.84. The second-order valence-electron chi connectivity index (χ2n) is 6.09. The standard InChI is InChI=1S/C16H19F3N2O/c17-16(18,19)12-3-1-2-11(10-12)15(22)21-8-6-14(7-9-21)20-13-4-5-13/h1-3,10,13-14,20H,4-9H2. The zero-order chi connectivity index (χ0) is 15.7. The van der Waals surface area contributed by atoms with Gasteiger partial charge in [0.1, 0.15) is 0 Å². The monoisotopic (exact) mass is 312 g/mol. The van der Waals surface area contributed by atoms with Gasteiger partial charge in [-0.2, -0.15) is 13.2 Å². The number of benzene rings is 1. The van der Waals surface area contributed by atoms with Gasteiger partial charge in [-0.1, -0.05) is 6.07 Å². The lowest BCUT2D eigenvalue weighted by atomic mass is 10.0. The number of piperidine rings is 1. The van der Waals surface area contributed by atoms with E-state index in [1.54, 1.807) is 4.90 Å². The molecule has 0 bridgehead atoms. The summed E-state index contributed by atoms with van der Waals surface area (Å²) in [5, 5.41) is 3.53. The van der Waals surface area contributed by atoms with Crippen LogP contribution in [0, 0.1) is 0 Å². The van der Waals surface area contributed by atoms with Crippen LogP contribution in [0.15, 0.2) is 24.3 Å². The molecule has 6 heteroatoms. The second kappa shape index (κ2) is 5.91. The predicted octanol–water partition coefficient (Wildman–Crippen LogP) is 3.06. The van der Waals surface area contributed by atoms with Gasteiger partial charge < -0.3 is 10.2 Å². The molecule has 120 valence electrons. The zero-order valence-corrected chi connectivity index (χ0v) is 12.2. The molecule has 1 heterocycles. The number of alkyl halides is 3. The highest BCUT2D eigenvalue weighted by molar-refractivity contribution is 5.94. The second-order valence-corrected chi connectivity index (χ2v) is 6.09. The summed E-state index contributed by atoms with van der Waals surface area (Å²) in [6.07, 6.45) is -0.243. The van der Waals surface area contributed by atoms with Crippen molar-refractivity contribution in [2.24, 2.45) is 0 Å². The summed E-state index contributed by atoms with van der Waals surface area (Å²) in [4.78, 5) is 14.0. The van der Waals surface area contributed by atoms with E-state index in [2.05, 4.69) is 5.32 Å². The molecule has 1 aliphatic heterocycles. The Bertz CT molecular complexity index is 547. The van der Waals surface area contributed by atoms with Crippen LogP contribution in [-0.2, 0) is 6.18 Å². The number of hydrogen-bond acceptors (Lipinski definition) is 2. The molecule has 2 aliphatic rings. The molecule has 0 atom stereocenters. The quantitative estimate of drug-likeness (QED) is 0.930. The maximum absolute atomic E-state index is 12.7. The van der Waals surface area contributed by atoms with Crippen molar-refractivity contribution < 1.29 is 18.0 Å². The van der Waals surface area contributed by atoms with Gasteiger partial charge in [-0.15, -0.1) is 0 Å². The lowest BCUT2D eigenvalue weighted by Crippen LogP contribution is -2.45. The van der Waals surface area contributed by atoms with E-state index < -0.39 is 11.7 Å². The van der Waals surface area contributed by atoms with E-state index in [4.69, 9.17) is 0 Å². The molecule has 3 rings (SSSR count). The Kier molecular flexibility index (Phi) is 4.12. The summed E-state index contributed by atoms with van der Waals surface area (Å²) >= 11 is 0. The van der Waals surface area contributed by atoms with Gasteiger partial charge in [-0.05, 0) is 43.9 Å². The lowest BCUT2D eigenvalue weighted by Gasteiger charge is -2.32. The smallest absolute Gasteiger partial charge is 0.339 e. The number of carbonyl (C=O) groups is 1. The largest absolute Gasteiger partial charge is 0.416 e. The number of hydrogen-bond donors (Lipinski definition) is 1. The van der Waals surface area contributed by atoms with E-state index in [0.29, 0.717) is 25.2 Å². The summed E-state index contributed by atoms with van der Waals surface area (Å²) in [5.74, 6) is -0.309. The van der Waals surface area contributed by atoms with Gasteiger partial charge in [0.15, 0.2) is 0 Å². The molecule has 1 saturated heterocycles. The highest BCUT2D eigenvalue weighted by Crippen LogP contribution is 2.30. The van der Waals surface area contributed by atoms with Gasteiger partial charge in [0.25, 0.3) is 5.91 Å². The maximum Gasteiger partial charge on any atom is 0.416 e. The lowest BCUT2D eigenvalue weighted by molar-refractivity contribution is -0.137. The number of likely N-dealkylation sites (tertiary alicyclic amines) is 1. The van der Waals surface area contributed by atoms with Crippen molar-refractivity contribution >= 4 is 5.91 Å². The third kappa shape index (κ3) is 3.61. The molecule has 0 spiro atoms. The summed E-state index contributed by atoms with van der Waals surface area (Å²) < 4.78 is 38.2. The van der Waals surface area contributed by atoms with Crippen LogP contribution in [0.4, 0.5) is 13.2 Å². The number of amides is 1. The van der Waals surface area contributed by atoms with Gasteiger partial charge in [0.05, 0.1) is 5.56 Å². The first-order valence-electron chi connectivity index (χ1n) is 7.66. The molecule has 1 N–H and O–H groups in total. The zero-order valence-electron chi connectivity index (χ0n) is 12.2. The molecule has 0 aromatic heterocycles. The number of nitrogens with zero attached hydrogens (tertiary/aromatic N) is 1. The van der Waals surface area contributed by atoms with E-state index in [1.807, 2.05) is 0 Å². The van der Waals surface area contributed by atoms with Crippen LogP contribution in [-0.4, -0.2) is 36.0 Å². The fraction of sp³-hybridized carbons (Fsp3) is 0.562. The minimum absolute atomic E-state index is 0.114. The predicted molar refractivity (Wildman–Crippen MR) is 76.5 cm³/mol. The normalized spacial score (nSPS) is 20.2. The first-order valence-corrected chi connectivity index (χ1v) is 7.66. The summed E-state index contributed by atoms with van der Waals surface area (Å²) in [6, 6.07) is 5.73. The van der Waals surface area contributed by atoms with Crippen LogP contribution in [0.1, 0.15) is 41.6 Å². The molecular formula is C16H19F3N2O. The number of halogens is 3. The van der Waals surface area contributed by atoms with Crippen molar-refractivity contribution in [2.75, 3.05) is 13.1 Å². The molecule has 22 heavy (non-hydrogen) atoms. The highest BCUT2D eigenvalue weighted by Gasteiger charge is 2.32. The van der Waals surface area contributed by atoms with Crippen LogP contribution < -0.4 is 5.32 Å².